The van der Waals surface area contributed by atoms with Crippen molar-refractivity contribution in [3.8, 4) is 11.3 Å². The number of hydrogen-bond donors (Lipinski definition) is 1. The molecular formula is C18H15F4N3O2. The SMILES string of the molecule is CC1(C)C(=O)N(CC(F)(F)F)c2cc(-c3nccc(C(N)=O)c3F)ccc21. The third-order valence-corrected chi connectivity index (χ3v) is 4.51. The van der Waals surface area contributed by atoms with Gasteiger partial charge in [0.15, 0.2) is 5.82 Å². The van der Waals surface area contributed by atoms with Crippen LogP contribution < -0.4 is 10.6 Å². The number of alkyl halides is 3. The lowest BCUT2D eigenvalue weighted by atomic mass is 9.85. The molecule has 0 atom stereocenters. The van der Waals surface area contributed by atoms with Crippen LogP contribution in [0.15, 0.2) is 30.5 Å². The molecule has 2 aromatic rings. The van der Waals surface area contributed by atoms with E-state index in [9.17, 15) is 27.2 Å². The predicted octanol–water partition coefficient (Wildman–Crippen LogP) is 3.17. The number of primary amides is 1. The van der Waals surface area contributed by atoms with Gasteiger partial charge in [0.25, 0.3) is 5.91 Å². The smallest absolute Gasteiger partial charge is 0.366 e. The van der Waals surface area contributed by atoms with Gasteiger partial charge in [-0.15, -0.1) is 0 Å². The van der Waals surface area contributed by atoms with Crippen LogP contribution in [-0.2, 0) is 10.2 Å². The fourth-order valence-corrected chi connectivity index (χ4v) is 3.16. The van der Waals surface area contributed by atoms with Crippen LogP contribution in [0.5, 0.6) is 0 Å². The molecule has 0 radical (unpaired) electrons. The van der Waals surface area contributed by atoms with Gasteiger partial charge >= 0.3 is 6.18 Å². The van der Waals surface area contributed by atoms with Crippen molar-refractivity contribution in [3.63, 3.8) is 0 Å². The number of halogens is 4. The summed E-state index contributed by atoms with van der Waals surface area (Å²) in [5.41, 5.74) is 3.90. The van der Waals surface area contributed by atoms with Gasteiger partial charge in [-0.3, -0.25) is 14.6 Å². The van der Waals surface area contributed by atoms with Crippen molar-refractivity contribution in [2.75, 3.05) is 11.4 Å². The molecule has 1 aliphatic rings. The molecule has 3 rings (SSSR count). The number of carbonyl (C=O) groups excluding carboxylic acids is 2. The van der Waals surface area contributed by atoms with E-state index in [0.717, 1.165) is 6.07 Å². The van der Waals surface area contributed by atoms with Crippen LogP contribution >= 0.6 is 0 Å². The largest absolute Gasteiger partial charge is 0.406 e. The highest BCUT2D eigenvalue weighted by Crippen LogP contribution is 2.44. The molecule has 0 fully saturated rings. The topological polar surface area (TPSA) is 76.3 Å². The monoisotopic (exact) mass is 381 g/mol. The number of amides is 2. The highest BCUT2D eigenvalue weighted by atomic mass is 19.4. The first-order valence-electron chi connectivity index (χ1n) is 7.91. The Balaban J connectivity index is 2.16. The van der Waals surface area contributed by atoms with E-state index in [4.69, 9.17) is 5.73 Å². The Hall–Kier alpha value is -2.97. The summed E-state index contributed by atoms with van der Waals surface area (Å²) in [4.78, 5) is 28.3. The summed E-state index contributed by atoms with van der Waals surface area (Å²) < 4.78 is 53.3. The number of nitrogens with two attached hydrogens (primary N) is 1. The third kappa shape index (κ3) is 3.13. The number of hydrogen-bond acceptors (Lipinski definition) is 3. The number of aromatic nitrogens is 1. The van der Waals surface area contributed by atoms with Gasteiger partial charge < -0.3 is 10.6 Å². The molecule has 0 aliphatic carbocycles. The van der Waals surface area contributed by atoms with E-state index >= 15 is 0 Å². The van der Waals surface area contributed by atoms with Crippen LogP contribution in [-0.4, -0.2) is 29.5 Å². The van der Waals surface area contributed by atoms with E-state index in [-0.39, 0.29) is 22.5 Å². The molecule has 2 amide bonds. The standard InChI is InChI=1S/C18H15F4N3O2/c1-17(2)11-4-3-9(14-13(19)10(15(23)26)5-6-24-14)7-12(11)25(16(17)27)8-18(20,21)22/h3-7H,8H2,1-2H3,(H2,23,26). The van der Waals surface area contributed by atoms with Crippen molar-refractivity contribution >= 4 is 17.5 Å². The average Bonchev–Trinajstić information content (AvgIpc) is 2.74. The molecule has 0 unspecified atom stereocenters. The Morgan fingerprint density at radius 3 is 2.52 bits per heavy atom. The van der Waals surface area contributed by atoms with Crippen LogP contribution in [0.25, 0.3) is 11.3 Å². The first kappa shape index (κ1) is 18.8. The Bertz CT molecular complexity index is 954. The summed E-state index contributed by atoms with van der Waals surface area (Å²) in [6.07, 6.45) is -3.42. The first-order chi connectivity index (χ1) is 12.4. The first-order valence-corrected chi connectivity index (χ1v) is 7.91. The van der Waals surface area contributed by atoms with E-state index in [1.807, 2.05) is 0 Å². The maximum absolute atomic E-state index is 14.5. The number of carbonyl (C=O) groups is 2. The molecule has 1 aromatic heterocycles. The van der Waals surface area contributed by atoms with Crippen LogP contribution in [0.1, 0.15) is 29.8 Å². The fourth-order valence-electron chi connectivity index (χ4n) is 3.16. The van der Waals surface area contributed by atoms with Crippen LogP contribution in [0, 0.1) is 5.82 Å². The number of rotatable bonds is 3. The number of anilines is 1. The minimum absolute atomic E-state index is 0.0329. The second-order valence-corrected chi connectivity index (χ2v) is 6.75. The number of pyridine rings is 1. The normalized spacial score (nSPS) is 15.8. The lowest BCUT2D eigenvalue weighted by Gasteiger charge is -2.21. The Labute approximate surface area is 151 Å². The summed E-state index contributed by atoms with van der Waals surface area (Å²) >= 11 is 0. The van der Waals surface area contributed by atoms with Gasteiger partial charge in [0.1, 0.15) is 12.2 Å². The van der Waals surface area contributed by atoms with Gasteiger partial charge in [0, 0.05) is 17.4 Å². The number of fused-ring (bicyclic) bond motifs is 1. The van der Waals surface area contributed by atoms with Crippen LogP contribution in [0.3, 0.4) is 0 Å². The minimum Gasteiger partial charge on any atom is -0.366 e. The molecule has 2 N–H and O–H groups in total. The fraction of sp³-hybridized carbons (Fsp3) is 0.278. The molecule has 1 aliphatic heterocycles. The highest BCUT2D eigenvalue weighted by molar-refractivity contribution is 6.08. The number of nitrogens with zero attached hydrogens (tertiary/aromatic N) is 2. The van der Waals surface area contributed by atoms with Gasteiger partial charge in [-0.1, -0.05) is 12.1 Å². The zero-order chi connectivity index (χ0) is 20.1. The Morgan fingerprint density at radius 2 is 1.93 bits per heavy atom. The maximum Gasteiger partial charge on any atom is 0.406 e. The molecule has 0 bridgehead atoms. The van der Waals surface area contributed by atoms with E-state index in [1.54, 1.807) is 0 Å². The summed E-state index contributed by atoms with van der Waals surface area (Å²) in [5, 5.41) is 0. The zero-order valence-electron chi connectivity index (χ0n) is 14.4. The molecule has 0 saturated carbocycles. The summed E-state index contributed by atoms with van der Waals surface area (Å²) in [6, 6.07) is 5.29. The molecule has 27 heavy (non-hydrogen) atoms. The molecule has 5 nitrogen and oxygen atoms in total. The van der Waals surface area contributed by atoms with Gasteiger partial charge in [0.05, 0.1) is 11.0 Å². The Kier molecular flexibility index (Phi) is 4.21. The second-order valence-electron chi connectivity index (χ2n) is 6.75. The molecule has 142 valence electrons. The summed E-state index contributed by atoms with van der Waals surface area (Å²) in [6.45, 7) is 1.59. The summed E-state index contributed by atoms with van der Waals surface area (Å²) in [7, 11) is 0. The van der Waals surface area contributed by atoms with Crippen molar-refractivity contribution < 1.29 is 27.2 Å². The quantitative estimate of drug-likeness (QED) is 0.830. The molecule has 9 heteroatoms. The molecule has 0 saturated heterocycles. The van der Waals surface area contributed by atoms with Gasteiger partial charge in [-0.25, -0.2) is 4.39 Å². The van der Waals surface area contributed by atoms with Crippen molar-refractivity contribution in [3.05, 3.63) is 47.4 Å². The van der Waals surface area contributed by atoms with Crippen molar-refractivity contribution in [2.24, 2.45) is 5.73 Å². The third-order valence-electron chi connectivity index (χ3n) is 4.51. The summed E-state index contributed by atoms with van der Waals surface area (Å²) in [5.74, 6) is -2.67. The second kappa shape index (κ2) is 6.04. The van der Waals surface area contributed by atoms with Crippen LogP contribution in [0.2, 0.25) is 0 Å². The lowest BCUT2D eigenvalue weighted by Crippen LogP contribution is -2.41. The lowest BCUT2D eigenvalue weighted by molar-refractivity contribution is -0.134. The van der Waals surface area contributed by atoms with E-state index in [0.29, 0.717) is 10.5 Å². The van der Waals surface area contributed by atoms with Gasteiger partial charge in [-0.05, 0) is 31.5 Å². The predicted molar refractivity (Wildman–Crippen MR) is 89.6 cm³/mol. The molecule has 0 spiro atoms. The Morgan fingerprint density at radius 1 is 1.26 bits per heavy atom. The van der Waals surface area contributed by atoms with Gasteiger partial charge in [-0.2, -0.15) is 13.2 Å². The van der Waals surface area contributed by atoms with E-state index in [2.05, 4.69) is 4.98 Å². The average molecular weight is 381 g/mol. The van der Waals surface area contributed by atoms with E-state index in [1.165, 1.54) is 38.2 Å². The maximum atomic E-state index is 14.5. The van der Waals surface area contributed by atoms with Crippen molar-refractivity contribution in [1.82, 2.24) is 4.98 Å². The minimum atomic E-state index is -4.60. The number of benzene rings is 1. The van der Waals surface area contributed by atoms with Gasteiger partial charge in [0.2, 0.25) is 5.91 Å². The molecule has 1 aromatic carbocycles. The van der Waals surface area contributed by atoms with E-state index < -0.39 is 35.8 Å². The van der Waals surface area contributed by atoms with Crippen molar-refractivity contribution in [2.45, 2.75) is 25.4 Å². The highest BCUT2D eigenvalue weighted by Gasteiger charge is 2.47. The van der Waals surface area contributed by atoms with Crippen LogP contribution in [0.4, 0.5) is 23.2 Å². The zero-order valence-corrected chi connectivity index (χ0v) is 14.4. The molecule has 2 heterocycles. The molecular weight excluding hydrogens is 366 g/mol. The van der Waals surface area contributed by atoms with Crippen molar-refractivity contribution in [1.29, 1.82) is 0 Å².